The van der Waals surface area contributed by atoms with Crippen molar-refractivity contribution in [3.8, 4) is 0 Å². The molecule has 1 heterocycles. The second-order valence-electron chi connectivity index (χ2n) is 3.06. The van der Waals surface area contributed by atoms with E-state index in [9.17, 15) is 4.79 Å². The lowest BCUT2D eigenvalue weighted by atomic mass is 10.2. The van der Waals surface area contributed by atoms with Crippen LogP contribution < -0.4 is 0 Å². The van der Waals surface area contributed by atoms with Crippen LogP contribution in [-0.2, 0) is 9.53 Å². The van der Waals surface area contributed by atoms with E-state index in [2.05, 4.69) is 6.58 Å². The van der Waals surface area contributed by atoms with E-state index in [1.165, 1.54) is 0 Å². The summed E-state index contributed by atoms with van der Waals surface area (Å²) in [4.78, 5) is 13.0. The minimum Gasteiger partial charge on any atom is -0.494 e. The summed E-state index contributed by atoms with van der Waals surface area (Å²) in [5, 5.41) is 0. The number of nitrogens with zero attached hydrogens (tertiary/aromatic N) is 1. The maximum Gasteiger partial charge on any atom is 0.224 e. The molecular weight excluding hydrogens is 178 g/mol. The smallest absolute Gasteiger partial charge is 0.224 e. The van der Waals surface area contributed by atoms with Crippen molar-refractivity contribution in [2.75, 3.05) is 13.2 Å². The van der Waals surface area contributed by atoms with Crippen molar-refractivity contribution in [3.63, 3.8) is 0 Å². The van der Waals surface area contributed by atoms with Gasteiger partial charge in [0.1, 0.15) is 12.4 Å². The molecule has 1 aliphatic heterocycles. The highest BCUT2D eigenvalue weighted by molar-refractivity contribution is 5.76. The summed E-state index contributed by atoms with van der Waals surface area (Å²) in [6, 6.07) is 0. The zero-order valence-electron chi connectivity index (χ0n) is 8.62. The van der Waals surface area contributed by atoms with E-state index in [0.29, 0.717) is 13.2 Å². The molecule has 0 spiro atoms. The fourth-order valence-electron chi connectivity index (χ4n) is 1.37. The second kappa shape index (κ2) is 4.65. The van der Waals surface area contributed by atoms with E-state index in [-0.39, 0.29) is 5.91 Å². The predicted molar refractivity (Wildman–Crippen MR) is 55.4 cm³/mol. The van der Waals surface area contributed by atoms with Crippen LogP contribution in [0.3, 0.4) is 0 Å². The fourth-order valence-corrected chi connectivity index (χ4v) is 1.37. The lowest BCUT2D eigenvalue weighted by Crippen LogP contribution is -2.35. The first-order valence-corrected chi connectivity index (χ1v) is 4.57. The van der Waals surface area contributed by atoms with Crippen molar-refractivity contribution in [2.24, 2.45) is 0 Å². The Kier molecular flexibility index (Phi) is 3.51. The number of carbonyl (C=O) groups excluding carboxylic acids is 1. The Morgan fingerprint density at radius 2 is 2.36 bits per heavy atom. The number of rotatable bonds is 2. The largest absolute Gasteiger partial charge is 0.494 e. The van der Waals surface area contributed by atoms with Crippen LogP contribution in [0.15, 0.2) is 36.3 Å². The average molecular weight is 193 g/mol. The van der Waals surface area contributed by atoms with Gasteiger partial charge >= 0.3 is 0 Å². The van der Waals surface area contributed by atoms with Gasteiger partial charge in [-0.25, -0.2) is 0 Å². The zero-order chi connectivity index (χ0) is 10.6. The maximum atomic E-state index is 11.3. The Morgan fingerprint density at radius 3 is 2.93 bits per heavy atom. The molecule has 76 valence electrons. The molecule has 1 rings (SSSR count). The standard InChI is InChI=1S/C11H15NO2/c1-4-5-6-11-9(2)14-8-7-12(11)10(3)13/h4-6H,1,7-8H2,2-3H3/b6-5-. The second-order valence-corrected chi connectivity index (χ2v) is 3.06. The van der Waals surface area contributed by atoms with E-state index in [1.807, 2.05) is 13.0 Å². The number of ether oxygens (including phenoxy) is 1. The first kappa shape index (κ1) is 10.6. The summed E-state index contributed by atoms with van der Waals surface area (Å²) < 4.78 is 5.37. The Morgan fingerprint density at radius 1 is 1.64 bits per heavy atom. The summed E-state index contributed by atoms with van der Waals surface area (Å²) in [6.07, 6.45) is 5.31. The van der Waals surface area contributed by atoms with Crippen molar-refractivity contribution in [3.05, 3.63) is 36.3 Å². The van der Waals surface area contributed by atoms with Gasteiger partial charge in [0.05, 0.1) is 12.2 Å². The summed E-state index contributed by atoms with van der Waals surface area (Å²) >= 11 is 0. The van der Waals surface area contributed by atoms with Crippen molar-refractivity contribution in [1.29, 1.82) is 0 Å². The lowest BCUT2D eigenvalue weighted by molar-refractivity contribution is -0.128. The summed E-state index contributed by atoms with van der Waals surface area (Å²) in [5.74, 6) is 0.820. The Balaban J connectivity index is 2.96. The number of hydrogen-bond acceptors (Lipinski definition) is 2. The van der Waals surface area contributed by atoms with Crippen molar-refractivity contribution in [1.82, 2.24) is 4.90 Å². The van der Waals surface area contributed by atoms with Gasteiger partial charge in [0, 0.05) is 6.92 Å². The molecular formula is C11H15NO2. The quantitative estimate of drug-likeness (QED) is 0.626. The third-order valence-corrected chi connectivity index (χ3v) is 2.06. The van der Waals surface area contributed by atoms with E-state index in [0.717, 1.165) is 11.5 Å². The van der Waals surface area contributed by atoms with Crippen molar-refractivity contribution >= 4 is 5.91 Å². The zero-order valence-corrected chi connectivity index (χ0v) is 8.62. The van der Waals surface area contributed by atoms with Gasteiger partial charge in [-0.05, 0) is 13.0 Å². The normalized spacial score (nSPS) is 17.1. The summed E-state index contributed by atoms with van der Waals surface area (Å²) in [5.41, 5.74) is 0.823. The molecule has 0 aliphatic carbocycles. The van der Waals surface area contributed by atoms with Crippen molar-refractivity contribution in [2.45, 2.75) is 13.8 Å². The summed E-state index contributed by atoms with van der Waals surface area (Å²) in [7, 11) is 0. The topological polar surface area (TPSA) is 29.5 Å². The number of hydrogen-bond donors (Lipinski definition) is 0. The van der Waals surface area contributed by atoms with Gasteiger partial charge in [-0.15, -0.1) is 0 Å². The number of allylic oxidation sites excluding steroid dienone is 4. The van der Waals surface area contributed by atoms with Gasteiger partial charge in [-0.1, -0.05) is 18.7 Å². The molecule has 0 aromatic rings. The van der Waals surface area contributed by atoms with Crippen LogP contribution in [0.1, 0.15) is 13.8 Å². The number of amides is 1. The molecule has 0 N–H and O–H groups in total. The van der Waals surface area contributed by atoms with Gasteiger partial charge in [0.15, 0.2) is 0 Å². The van der Waals surface area contributed by atoms with Crippen LogP contribution in [0.5, 0.6) is 0 Å². The SMILES string of the molecule is C=C/C=C\C1=C(C)OCCN1C(C)=O. The third-order valence-electron chi connectivity index (χ3n) is 2.06. The predicted octanol–water partition coefficient (Wildman–Crippen LogP) is 1.84. The van der Waals surface area contributed by atoms with Crippen LogP contribution in [0, 0.1) is 0 Å². The molecule has 1 amide bonds. The molecule has 0 aromatic heterocycles. The van der Waals surface area contributed by atoms with Crippen LogP contribution in [0.4, 0.5) is 0 Å². The summed E-state index contributed by atoms with van der Waals surface area (Å²) in [6.45, 7) is 8.18. The molecule has 0 radical (unpaired) electrons. The van der Waals surface area contributed by atoms with Crippen LogP contribution in [0.2, 0.25) is 0 Å². The minimum atomic E-state index is 0.0383. The van der Waals surface area contributed by atoms with Gasteiger partial charge in [-0.2, -0.15) is 0 Å². The Hall–Kier alpha value is -1.51. The molecule has 3 nitrogen and oxygen atoms in total. The first-order valence-electron chi connectivity index (χ1n) is 4.57. The fraction of sp³-hybridized carbons (Fsp3) is 0.364. The van der Waals surface area contributed by atoms with E-state index >= 15 is 0 Å². The molecule has 3 heteroatoms. The lowest BCUT2D eigenvalue weighted by Gasteiger charge is -2.28. The van der Waals surface area contributed by atoms with Crippen LogP contribution >= 0.6 is 0 Å². The van der Waals surface area contributed by atoms with Crippen LogP contribution in [0.25, 0.3) is 0 Å². The Bertz CT molecular complexity index is 302. The van der Waals surface area contributed by atoms with Gasteiger partial charge in [0.2, 0.25) is 5.91 Å². The molecule has 0 saturated heterocycles. The minimum absolute atomic E-state index is 0.0383. The van der Waals surface area contributed by atoms with E-state index in [1.54, 1.807) is 24.0 Å². The van der Waals surface area contributed by atoms with E-state index < -0.39 is 0 Å². The third kappa shape index (κ3) is 2.25. The van der Waals surface area contributed by atoms with Gasteiger partial charge < -0.3 is 9.64 Å². The monoisotopic (exact) mass is 193 g/mol. The van der Waals surface area contributed by atoms with Crippen molar-refractivity contribution < 1.29 is 9.53 Å². The average Bonchev–Trinajstić information content (AvgIpc) is 2.15. The first-order chi connectivity index (χ1) is 6.66. The molecule has 0 aromatic carbocycles. The molecule has 0 fully saturated rings. The Labute approximate surface area is 84.3 Å². The van der Waals surface area contributed by atoms with Gasteiger partial charge in [-0.3, -0.25) is 4.79 Å². The molecule has 0 bridgehead atoms. The maximum absolute atomic E-state index is 11.3. The molecule has 0 atom stereocenters. The highest BCUT2D eigenvalue weighted by Gasteiger charge is 2.19. The highest BCUT2D eigenvalue weighted by atomic mass is 16.5. The molecule has 0 unspecified atom stereocenters. The van der Waals surface area contributed by atoms with Gasteiger partial charge in [0.25, 0.3) is 0 Å². The number of carbonyl (C=O) groups is 1. The van der Waals surface area contributed by atoms with E-state index in [4.69, 9.17) is 4.74 Å². The highest BCUT2D eigenvalue weighted by Crippen LogP contribution is 2.18. The van der Waals surface area contributed by atoms with Crippen LogP contribution in [-0.4, -0.2) is 24.0 Å². The molecule has 14 heavy (non-hydrogen) atoms. The molecule has 1 aliphatic rings. The molecule has 0 saturated carbocycles.